The Morgan fingerprint density at radius 3 is 2.50 bits per heavy atom. The number of ketones is 1. The molecule has 1 fully saturated rings. The van der Waals surface area contributed by atoms with Crippen molar-refractivity contribution in [2.75, 3.05) is 13.2 Å². The zero-order chi connectivity index (χ0) is 12.3. The molecular formula is C11H19F2NO2. The van der Waals surface area contributed by atoms with Crippen LogP contribution in [0.25, 0.3) is 0 Å². The monoisotopic (exact) mass is 235 g/mol. The summed E-state index contributed by atoms with van der Waals surface area (Å²) >= 11 is 0. The van der Waals surface area contributed by atoms with Crippen molar-refractivity contribution in [3.05, 3.63) is 0 Å². The summed E-state index contributed by atoms with van der Waals surface area (Å²) in [5.74, 6) is 0.0804. The smallest absolute Gasteiger partial charge is 0.261 e. The van der Waals surface area contributed by atoms with Crippen molar-refractivity contribution < 1.29 is 18.3 Å². The van der Waals surface area contributed by atoms with E-state index >= 15 is 0 Å². The third-order valence-corrected chi connectivity index (χ3v) is 2.89. The van der Waals surface area contributed by atoms with Gasteiger partial charge in [0.25, 0.3) is 6.43 Å². The number of alkyl halides is 2. The molecule has 1 heterocycles. The molecule has 1 rings (SSSR count). The van der Waals surface area contributed by atoms with Crippen molar-refractivity contribution >= 4 is 5.78 Å². The number of carbonyl (C=O) groups is 1. The van der Waals surface area contributed by atoms with Gasteiger partial charge in [-0.25, -0.2) is 8.78 Å². The summed E-state index contributed by atoms with van der Waals surface area (Å²) in [6.45, 7) is 5.54. The van der Waals surface area contributed by atoms with E-state index in [9.17, 15) is 13.6 Å². The van der Waals surface area contributed by atoms with Crippen LogP contribution >= 0.6 is 0 Å². The molecule has 1 aliphatic heterocycles. The average molecular weight is 235 g/mol. The van der Waals surface area contributed by atoms with Crippen molar-refractivity contribution in [2.24, 2.45) is 0 Å². The molecule has 1 aliphatic rings. The van der Waals surface area contributed by atoms with Gasteiger partial charge in [-0.15, -0.1) is 0 Å². The first-order chi connectivity index (χ1) is 7.41. The van der Waals surface area contributed by atoms with E-state index in [1.54, 1.807) is 0 Å². The molecule has 0 unspecified atom stereocenters. The summed E-state index contributed by atoms with van der Waals surface area (Å²) in [6.07, 6.45) is -2.16. The second kappa shape index (κ2) is 5.68. The average Bonchev–Trinajstić information content (AvgIpc) is 2.58. The topological polar surface area (TPSA) is 29.5 Å². The zero-order valence-electron chi connectivity index (χ0n) is 9.95. The Bertz CT molecular complexity index is 246. The summed E-state index contributed by atoms with van der Waals surface area (Å²) in [5.41, 5.74) is 0. The summed E-state index contributed by atoms with van der Waals surface area (Å²) in [4.78, 5) is 13.4. The van der Waals surface area contributed by atoms with Crippen LogP contribution in [0.4, 0.5) is 8.78 Å². The predicted molar refractivity (Wildman–Crippen MR) is 56.7 cm³/mol. The highest BCUT2D eigenvalue weighted by atomic mass is 19.3. The molecule has 0 aromatic heterocycles. The van der Waals surface area contributed by atoms with Crippen molar-refractivity contribution in [3.8, 4) is 0 Å². The van der Waals surface area contributed by atoms with Crippen LogP contribution in [0.1, 0.15) is 27.2 Å². The molecule has 0 aromatic carbocycles. The van der Waals surface area contributed by atoms with Crippen molar-refractivity contribution in [3.63, 3.8) is 0 Å². The molecule has 0 N–H and O–H groups in total. The van der Waals surface area contributed by atoms with E-state index in [-0.39, 0.29) is 24.0 Å². The molecule has 0 bridgehead atoms. The van der Waals surface area contributed by atoms with E-state index in [2.05, 4.69) is 0 Å². The van der Waals surface area contributed by atoms with Crippen LogP contribution in [0, 0.1) is 0 Å². The van der Waals surface area contributed by atoms with Crippen molar-refractivity contribution in [1.82, 2.24) is 4.90 Å². The van der Waals surface area contributed by atoms with Gasteiger partial charge < -0.3 is 4.74 Å². The van der Waals surface area contributed by atoms with Crippen LogP contribution in [0.15, 0.2) is 0 Å². The molecule has 16 heavy (non-hydrogen) atoms. The molecule has 5 heteroatoms. The van der Waals surface area contributed by atoms with Crippen molar-refractivity contribution in [2.45, 2.75) is 51.8 Å². The van der Waals surface area contributed by atoms with Gasteiger partial charge in [-0.1, -0.05) is 0 Å². The highest BCUT2D eigenvalue weighted by molar-refractivity contribution is 5.81. The van der Waals surface area contributed by atoms with Crippen LogP contribution in [-0.4, -0.2) is 48.4 Å². The number of halogens is 2. The molecule has 94 valence electrons. The van der Waals surface area contributed by atoms with Crippen LogP contribution < -0.4 is 0 Å². The van der Waals surface area contributed by atoms with Crippen LogP contribution in [-0.2, 0) is 9.53 Å². The van der Waals surface area contributed by atoms with Gasteiger partial charge in [0.15, 0.2) is 0 Å². The maximum Gasteiger partial charge on any atom is 0.261 e. The molecule has 0 amide bonds. The van der Waals surface area contributed by atoms with Crippen LogP contribution in [0.5, 0.6) is 0 Å². The Morgan fingerprint density at radius 1 is 1.50 bits per heavy atom. The third kappa shape index (κ3) is 3.49. The summed E-state index contributed by atoms with van der Waals surface area (Å²) in [6, 6.07) is 0.0525. The second-order valence-electron chi connectivity index (χ2n) is 4.50. The van der Waals surface area contributed by atoms with Crippen LogP contribution in [0.2, 0.25) is 0 Å². The quantitative estimate of drug-likeness (QED) is 0.726. The molecule has 2 atom stereocenters. The first kappa shape index (κ1) is 13.5. The molecule has 0 aromatic rings. The van der Waals surface area contributed by atoms with E-state index in [4.69, 9.17) is 4.74 Å². The van der Waals surface area contributed by atoms with Crippen LogP contribution in [0.3, 0.4) is 0 Å². The predicted octanol–water partition coefficient (Wildman–Crippen LogP) is 1.71. The van der Waals surface area contributed by atoms with Crippen molar-refractivity contribution in [1.29, 1.82) is 0 Å². The van der Waals surface area contributed by atoms with Gasteiger partial charge in [0.05, 0.1) is 12.1 Å². The van der Waals surface area contributed by atoms with Gasteiger partial charge >= 0.3 is 0 Å². The number of carbonyl (C=O) groups excluding carboxylic acids is 1. The second-order valence-corrected chi connectivity index (χ2v) is 4.50. The summed E-state index contributed by atoms with van der Waals surface area (Å²) < 4.78 is 29.1. The number of Topliss-reactive ketones (excluding diaryl/α,β-unsaturated/α-hetero) is 1. The minimum absolute atomic E-state index is 0.0804. The lowest BCUT2D eigenvalue weighted by atomic mass is 10.1. The molecule has 0 saturated carbocycles. The van der Waals surface area contributed by atoms with Gasteiger partial charge in [-0.2, -0.15) is 0 Å². The minimum atomic E-state index is -2.44. The Kier molecular flexibility index (Phi) is 4.80. The van der Waals surface area contributed by atoms with E-state index in [1.807, 2.05) is 18.7 Å². The number of ether oxygens (including phenoxy) is 1. The molecular weight excluding hydrogens is 216 g/mol. The zero-order valence-corrected chi connectivity index (χ0v) is 9.95. The van der Waals surface area contributed by atoms with Gasteiger partial charge in [-0.05, 0) is 27.2 Å². The maximum absolute atomic E-state index is 12.0. The fourth-order valence-corrected chi connectivity index (χ4v) is 2.12. The normalized spacial score (nSPS) is 26.9. The first-order valence-corrected chi connectivity index (χ1v) is 5.57. The number of hydrogen-bond acceptors (Lipinski definition) is 3. The van der Waals surface area contributed by atoms with Gasteiger partial charge in [0.2, 0.25) is 0 Å². The highest BCUT2D eigenvalue weighted by Gasteiger charge is 2.36. The number of likely N-dealkylation sites (tertiary alicyclic amines) is 1. The minimum Gasteiger partial charge on any atom is -0.371 e. The lowest BCUT2D eigenvalue weighted by Gasteiger charge is -2.25. The lowest BCUT2D eigenvalue weighted by Crippen LogP contribution is -2.39. The lowest BCUT2D eigenvalue weighted by molar-refractivity contribution is -0.121. The fraction of sp³-hybridized carbons (Fsp3) is 0.909. The van der Waals surface area contributed by atoms with Gasteiger partial charge in [-0.3, -0.25) is 9.69 Å². The van der Waals surface area contributed by atoms with E-state index in [0.29, 0.717) is 13.0 Å². The molecule has 3 nitrogen and oxygen atoms in total. The Morgan fingerprint density at radius 2 is 2.12 bits per heavy atom. The van der Waals surface area contributed by atoms with E-state index in [1.165, 1.54) is 6.92 Å². The summed E-state index contributed by atoms with van der Waals surface area (Å²) in [5, 5.41) is 0. The fourth-order valence-electron chi connectivity index (χ4n) is 2.12. The SMILES string of the molecule is CC(=O)[C@@H]1C[C@@H](OCC(F)F)CN1C(C)C. The molecule has 0 radical (unpaired) electrons. The Labute approximate surface area is 94.7 Å². The van der Waals surface area contributed by atoms with E-state index in [0.717, 1.165) is 0 Å². The highest BCUT2D eigenvalue weighted by Crippen LogP contribution is 2.23. The largest absolute Gasteiger partial charge is 0.371 e. The molecule has 0 aliphatic carbocycles. The number of hydrogen-bond donors (Lipinski definition) is 0. The Balaban J connectivity index is 2.52. The van der Waals surface area contributed by atoms with Gasteiger partial charge in [0, 0.05) is 12.6 Å². The van der Waals surface area contributed by atoms with E-state index < -0.39 is 13.0 Å². The molecule has 0 spiro atoms. The van der Waals surface area contributed by atoms with Gasteiger partial charge in [0.1, 0.15) is 12.4 Å². The summed E-state index contributed by atoms with van der Waals surface area (Å²) in [7, 11) is 0. The Hall–Kier alpha value is -0.550. The molecule has 1 saturated heterocycles. The first-order valence-electron chi connectivity index (χ1n) is 5.57. The third-order valence-electron chi connectivity index (χ3n) is 2.89. The standard InChI is InChI=1S/C11H19F2NO2/c1-7(2)14-5-9(16-6-11(12)13)4-10(14)8(3)15/h7,9-11H,4-6H2,1-3H3/t9-,10+/m1/s1. The number of nitrogens with zero attached hydrogens (tertiary/aromatic N) is 1. The number of rotatable bonds is 5. The maximum atomic E-state index is 12.0.